The van der Waals surface area contributed by atoms with Crippen LogP contribution in [0.25, 0.3) is 0 Å². The van der Waals surface area contributed by atoms with E-state index < -0.39 is 0 Å². The molecule has 0 amide bonds. The van der Waals surface area contributed by atoms with E-state index in [2.05, 4.69) is 35.5 Å². The molecule has 0 aliphatic carbocycles. The summed E-state index contributed by atoms with van der Waals surface area (Å²) in [7, 11) is 0. The molecule has 2 aromatic rings. The Labute approximate surface area is 82.1 Å². The Bertz CT molecular complexity index is 353. The van der Waals surface area contributed by atoms with E-state index in [0.717, 1.165) is 5.69 Å². The smallest absolute Gasteiger partial charge is 0.0483 e. The molecule has 0 aromatic carbocycles. The summed E-state index contributed by atoms with van der Waals surface area (Å²) in [6.45, 7) is 2.19. The van der Waals surface area contributed by atoms with Gasteiger partial charge >= 0.3 is 0 Å². The van der Waals surface area contributed by atoms with E-state index in [0.29, 0.717) is 5.92 Å². The second-order valence-electron chi connectivity index (χ2n) is 2.99. The zero-order valence-corrected chi connectivity index (χ0v) is 8.29. The number of hydrogen-bond acceptors (Lipinski definition) is 2. The number of hydrogen-bond donors (Lipinski definition) is 0. The van der Waals surface area contributed by atoms with Gasteiger partial charge in [0.25, 0.3) is 0 Å². The second-order valence-corrected chi connectivity index (χ2v) is 3.97. The Kier molecular flexibility index (Phi) is 2.41. The number of rotatable bonds is 2. The molecule has 2 aromatic heterocycles. The van der Waals surface area contributed by atoms with Gasteiger partial charge in [-0.15, -0.1) is 11.3 Å². The van der Waals surface area contributed by atoms with Crippen LogP contribution in [-0.4, -0.2) is 4.98 Å². The standard InChI is InChI=1S/C11H11NS/c1-9(11-6-4-8-13-11)10-5-2-3-7-12-10/h2-9H,1H3. The highest BCUT2D eigenvalue weighted by Gasteiger charge is 2.08. The van der Waals surface area contributed by atoms with Crippen molar-refractivity contribution in [2.24, 2.45) is 0 Å². The second kappa shape index (κ2) is 3.71. The molecule has 1 unspecified atom stereocenters. The van der Waals surface area contributed by atoms with Gasteiger partial charge in [0.2, 0.25) is 0 Å². The summed E-state index contributed by atoms with van der Waals surface area (Å²) in [6.07, 6.45) is 1.85. The van der Waals surface area contributed by atoms with Crippen molar-refractivity contribution in [1.82, 2.24) is 4.98 Å². The van der Waals surface area contributed by atoms with Crippen molar-refractivity contribution in [2.45, 2.75) is 12.8 Å². The average molecular weight is 189 g/mol. The molecule has 2 heteroatoms. The van der Waals surface area contributed by atoms with Gasteiger partial charge in [0, 0.05) is 22.7 Å². The summed E-state index contributed by atoms with van der Waals surface area (Å²) in [5.74, 6) is 0.418. The maximum absolute atomic E-state index is 4.34. The van der Waals surface area contributed by atoms with Crippen LogP contribution in [0.1, 0.15) is 23.4 Å². The molecule has 0 bridgehead atoms. The van der Waals surface area contributed by atoms with Crippen LogP contribution in [0, 0.1) is 0 Å². The summed E-state index contributed by atoms with van der Waals surface area (Å²) in [6, 6.07) is 10.3. The highest BCUT2D eigenvalue weighted by molar-refractivity contribution is 7.10. The summed E-state index contributed by atoms with van der Waals surface area (Å²) in [4.78, 5) is 5.72. The van der Waals surface area contributed by atoms with Crippen LogP contribution in [0.3, 0.4) is 0 Å². The molecule has 0 aliphatic heterocycles. The van der Waals surface area contributed by atoms with E-state index in [-0.39, 0.29) is 0 Å². The Morgan fingerprint density at radius 1 is 1.23 bits per heavy atom. The maximum Gasteiger partial charge on any atom is 0.0483 e. The lowest BCUT2D eigenvalue weighted by molar-refractivity contribution is 0.891. The van der Waals surface area contributed by atoms with Crippen molar-refractivity contribution < 1.29 is 0 Å². The molecular formula is C11H11NS. The molecule has 0 radical (unpaired) electrons. The molecule has 0 fully saturated rings. The van der Waals surface area contributed by atoms with Gasteiger partial charge in [-0.3, -0.25) is 4.98 Å². The van der Waals surface area contributed by atoms with Gasteiger partial charge in [-0.1, -0.05) is 19.1 Å². The fourth-order valence-corrected chi connectivity index (χ4v) is 2.11. The van der Waals surface area contributed by atoms with Crippen molar-refractivity contribution in [3.8, 4) is 0 Å². The van der Waals surface area contributed by atoms with Crippen molar-refractivity contribution in [3.63, 3.8) is 0 Å². The molecule has 66 valence electrons. The Morgan fingerprint density at radius 3 is 2.77 bits per heavy atom. The van der Waals surface area contributed by atoms with E-state index in [1.54, 1.807) is 11.3 Å². The largest absolute Gasteiger partial charge is 0.261 e. The first kappa shape index (κ1) is 8.45. The lowest BCUT2D eigenvalue weighted by Gasteiger charge is -2.07. The van der Waals surface area contributed by atoms with Gasteiger partial charge in [-0.25, -0.2) is 0 Å². The molecule has 0 saturated heterocycles. The van der Waals surface area contributed by atoms with Crippen LogP contribution in [0.5, 0.6) is 0 Å². The van der Waals surface area contributed by atoms with E-state index in [4.69, 9.17) is 0 Å². The quantitative estimate of drug-likeness (QED) is 0.706. The summed E-state index contributed by atoms with van der Waals surface area (Å²) < 4.78 is 0. The lowest BCUT2D eigenvalue weighted by Crippen LogP contribution is -1.95. The first-order valence-corrected chi connectivity index (χ1v) is 5.20. The molecule has 13 heavy (non-hydrogen) atoms. The topological polar surface area (TPSA) is 12.9 Å². The summed E-state index contributed by atoms with van der Waals surface area (Å²) >= 11 is 1.79. The predicted molar refractivity (Wildman–Crippen MR) is 56.1 cm³/mol. The first-order valence-electron chi connectivity index (χ1n) is 4.32. The van der Waals surface area contributed by atoms with E-state index in [1.807, 2.05) is 18.3 Å². The fraction of sp³-hybridized carbons (Fsp3) is 0.182. The number of thiophene rings is 1. The number of nitrogens with zero attached hydrogens (tertiary/aromatic N) is 1. The van der Waals surface area contributed by atoms with E-state index in [9.17, 15) is 0 Å². The third kappa shape index (κ3) is 1.78. The van der Waals surface area contributed by atoms with Crippen molar-refractivity contribution in [2.75, 3.05) is 0 Å². The lowest BCUT2D eigenvalue weighted by atomic mass is 10.1. The molecule has 1 nitrogen and oxygen atoms in total. The molecule has 2 rings (SSSR count). The molecule has 0 N–H and O–H groups in total. The van der Waals surface area contributed by atoms with Crippen LogP contribution in [0.4, 0.5) is 0 Å². The zero-order chi connectivity index (χ0) is 9.10. The molecular weight excluding hydrogens is 178 g/mol. The minimum Gasteiger partial charge on any atom is -0.261 e. The van der Waals surface area contributed by atoms with E-state index >= 15 is 0 Å². The Morgan fingerprint density at radius 2 is 2.15 bits per heavy atom. The van der Waals surface area contributed by atoms with Gasteiger partial charge in [0.1, 0.15) is 0 Å². The summed E-state index contributed by atoms with van der Waals surface area (Å²) in [5, 5.41) is 2.11. The van der Waals surface area contributed by atoms with Gasteiger partial charge in [-0.2, -0.15) is 0 Å². The monoisotopic (exact) mass is 189 g/mol. The van der Waals surface area contributed by atoms with Crippen LogP contribution in [-0.2, 0) is 0 Å². The third-order valence-electron chi connectivity index (χ3n) is 2.10. The van der Waals surface area contributed by atoms with Gasteiger partial charge in [0.15, 0.2) is 0 Å². The van der Waals surface area contributed by atoms with E-state index in [1.165, 1.54) is 4.88 Å². The molecule has 2 heterocycles. The van der Waals surface area contributed by atoms with Gasteiger partial charge in [-0.05, 0) is 23.6 Å². The Hall–Kier alpha value is -1.15. The predicted octanol–water partition coefficient (Wildman–Crippen LogP) is 3.29. The third-order valence-corrected chi connectivity index (χ3v) is 3.16. The van der Waals surface area contributed by atoms with Gasteiger partial charge in [0.05, 0.1) is 0 Å². The minimum atomic E-state index is 0.418. The molecule has 0 aliphatic rings. The minimum absolute atomic E-state index is 0.418. The van der Waals surface area contributed by atoms with Crippen LogP contribution >= 0.6 is 11.3 Å². The highest BCUT2D eigenvalue weighted by Crippen LogP contribution is 2.25. The van der Waals surface area contributed by atoms with Crippen LogP contribution in [0.2, 0.25) is 0 Å². The zero-order valence-electron chi connectivity index (χ0n) is 7.47. The van der Waals surface area contributed by atoms with Crippen LogP contribution in [0.15, 0.2) is 41.9 Å². The normalized spacial score (nSPS) is 12.7. The van der Waals surface area contributed by atoms with Crippen molar-refractivity contribution in [3.05, 3.63) is 52.5 Å². The van der Waals surface area contributed by atoms with Crippen LogP contribution < -0.4 is 0 Å². The average Bonchev–Trinajstić information content (AvgIpc) is 2.71. The van der Waals surface area contributed by atoms with Crippen molar-refractivity contribution >= 4 is 11.3 Å². The first-order chi connectivity index (χ1) is 6.38. The molecule has 1 atom stereocenters. The molecule has 0 saturated carbocycles. The van der Waals surface area contributed by atoms with Gasteiger partial charge < -0.3 is 0 Å². The maximum atomic E-state index is 4.34. The fourth-order valence-electron chi connectivity index (χ4n) is 1.32. The SMILES string of the molecule is CC(c1ccccn1)c1cccs1. The van der Waals surface area contributed by atoms with Crippen molar-refractivity contribution in [1.29, 1.82) is 0 Å². The summed E-state index contributed by atoms with van der Waals surface area (Å²) in [5.41, 5.74) is 1.14. The number of pyridine rings is 1. The number of aromatic nitrogens is 1. The Balaban J connectivity index is 2.29. The highest BCUT2D eigenvalue weighted by atomic mass is 32.1. The molecule has 0 spiro atoms.